The lowest BCUT2D eigenvalue weighted by molar-refractivity contribution is 0.0966. The van der Waals surface area contributed by atoms with Crippen LogP contribution in [-0.4, -0.2) is 42.1 Å². The van der Waals surface area contributed by atoms with E-state index in [0.717, 1.165) is 6.42 Å². The average Bonchev–Trinajstić information content (AvgIpc) is 2.39. The van der Waals surface area contributed by atoms with E-state index in [1.165, 1.54) is 0 Å². The lowest BCUT2D eigenvalue weighted by Crippen LogP contribution is -2.36. The molecular formula is C15H23Cl2NO3. The summed E-state index contributed by atoms with van der Waals surface area (Å²) < 4.78 is 5.43. The molecule has 120 valence electrons. The number of hydrogen-bond acceptors (Lipinski definition) is 4. The number of nitrogens with one attached hydrogen (secondary N) is 1. The molecule has 0 spiro atoms. The Morgan fingerprint density at radius 1 is 1.14 bits per heavy atom. The first-order valence-electron chi connectivity index (χ1n) is 7.03. The topological polar surface area (TPSA) is 61.7 Å². The van der Waals surface area contributed by atoms with Crippen molar-refractivity contribution in [2.45, 2.75) is 32.5 Å². The Morgan fingerprint density at radius 2 is 1.81 bits per heavy atom. The Hall–Kier alpha value is -0.520. The fourth-order valence-corrected chi connectivity index (χ4v) is 2.21. The number of halogens is 2. The number of benzene rings is 1. The van der Waals surface area contributed by atoms with E-state index in [-0.39, 0.29) is 6.61 Å². The van der Waals surface area contributed by atoms with Crippen LogP contribution >= 0.6 is 23.2 Å². The smallest absolute Gasteiger partial charge is 0.139 e. The van der Waals surface area contributed by atoms with Gasteiger partial charge in [-0.25, -0.2) is 0 Å². The van der Waals surface area contributed by atoms with E-state index in [9.17, 15) is 10.2 Å². The zero-order chi connectivity index (χ0) is 15.8. The van der Waals surface area contributed by atoms with E-state index < -0.39 is 12.2 Å². The van der Waals surface area contributed by atoms with Crippen LogP contribution in [0.5, 0.6) is 5.75 Å². The van der Waals surface area contributed by atoms with E-state index in [1.54, 1.807) is 18.2 Å². The van der Waals surface area contributed by atoms with Gasteiger partial charge in [0.05, 0.1) is 11.1 Å². The molecule has 3 N–H and O–H groups in total. The second-order valence-electron chi connectivity index (χ2n) is 5.48. The predicted octanol–water partition coefficient (Wildman–Crippen LogP) is 2.73. The molecule has 0 heterocycles. The molecule has 2 atom stereocenters. The normalized spacial score (nSPS) is 14.2. The van der Waals surface area contributed by atoms with Gasteiger partial charge >= 0.3 is 0 Å². The summed E-state index contributed by atoms with van der Waals surface area (Å²) in [7, 11) is 0. The molecule has 0 aromatic heterocycles. The zero-order valence-corrected chi connectivity index (χ0v) is 13.9. The SMILES string of the molecule is CC(C)CC(O)CNCC(O)COc1cc(Cl)ccc1Cl. The fraction of sp³-hybridized carbons (Fsp3) is 0.600. The molecule has 0 amide bonds. The molecule has 1 aromatic rings. The molecular weight excluding hydrogens is 313 g/mol. The molecule has 2 unspecified atom stereocenters. The van der Waals surface area contributed by atoms with Crippen molar-refractivity contribution in [1.29, 1.82) is 0 Å². The summed E-state index contributed by atoms with van der Waals surface area (Å²) in [6.45, 7) is 5.01. The highest BCUT2D eigenvalue weighted by atomic mass is 35.5. The number of aliphatic hydroxyl groups is 2. The molecule has 6 heteroatoms. The largest absolute Gasteiger partial charge is 0.489 e. The minimum atomic E-state index is -0.689. The van der Waals surface area contributed by atoms with E-state index >= 15 is 0 Å². The Bertz CT molecular complexity index is 429. The lowest BCUT2D eigenvalue weighted by atomic mass is 10.1. The highest BCUT2D eigenvalue weighted by Gasteiger charge is 2.10. The van der Waals surface area contributed by atoms with Crippen LogP contribution in [-0.2, 0) is 0 Å². The molecule has 1 aromatic carbocycles. The van der Waals surface area contributed by atoms with Crippen LogP contribution in [0.1, 0.15) is 20.3 Å². The van der Waals surface area contributed by atoms with Gasteiger partial charge in [-0.1, -0.05) is 37.0 Å². The molecule has 0 fully saturated rings. The van der Waals surface area contributed by atoms with Gasteiger partial charge in [0, 0.05) is 24.2 Å². The predicted molar refractivity (Wildman–Crippen MR) is 86.3 cm³/mol. The van der Waals surface area contributed by atoms with Crippen LogP contribution in [0.25, 0.3) is 0 Å². The molecule has 0 aliphatic heterocycles. The maximum atomic E-state index is 9.82. The molecule has 0 radical (unpaired) electrons. The highest BCUT2D eigenvalue weighted by molar-refractivity contribution is 6.34. The number of ether oxygens (including phenoxy) is 1. The lowest BCUT2D eigenvalue weighted by Gasteiger charge is -2.17. The van der Waals surface area contributed by atoms with E-state index in [1.807, 2.05) is 0 Å². The first-order valence-corrected chi connectivity index (χ1v) is 7.78. The van der Waals surface area contributed by atoms with Crippen LogP contribution < -0.4 is 10.1 Å². The second-order valence-corrected chi connectivity index (χ2v) is 6.32. The Kier molecular flexibility index (Phi) is 8.37. The third-order valence-corrected chi connectivity index (χ3v) is 3.38. The van der Waals surface area contributed by atoms with Crippen molar-refractivity contribution in [1.82, 2.24) is 5.32 Å². The van der Waals surface area contributed by atoms with E-state index in [0.29, 0.717) is 34.8 Å². The van der Waals surface area contributed by atoms with Gasteiger partial charge in [-0.05, 0) is 24.5 Å². The van der Waals surface area contributed by atoms with Crippen molar-refractivity contribution in [3.8, 4) is 5.75 Å². The van der Waals surface area contributed by atoms with Crippen LogP contribution in [0.15, 0.2) is 18.2 Å². The van der Waals surface area contributed by atoms with Gasteiger partial charge in [-0.2, -0.15) is 0 Å². The monoisotopic (exact) mass is 335 g/mol. The van der Waals surface area contributed by atoms with Crippen molar-refractivity contribution in [3.05, 3.63) is 28.2 Å². The second kappa shape index (κ2) is 9.49. The van der Waals surface area contributed by atoms with Crippen LogP contribution in [0.4, 0.5) is 0 Å². The maximum Gasteiger partial charge on any atom is 0.139 e. The van der Waals surface area contributed by atoms with Gasteiger partial charge in [0.25, 0.3) is 0 Å². The summed E-state index contributed by atoms with van der Waals surface area (Å²) in [5, 5.41) is 23.5. The summed E-state index contributed by atoms with van der Waals surface area (Å²) in [4.78, 5) is 0. The summed E-state index contributed by atoms with van der Waals surface area (Å²) >= 11 is 11.8. The summed E-state index contributed by atoms with van der Waals surface area (Å²) in [6, 6.07) is 4.92. The Balaban J connectivity index is 2.25. The van der Waals surface area contributed by atoms with E-state index in [4.69, 9.17) is 27.9 Å². The van der Waals surface area contributed by atoms with Gasteiger partial charge in [0.2, 0.25) is 0 Å². The Labute approximate surface area is 136 Å². The summed E-state index contributed by atoms with van der Waals surface area (Å²) in [5.41, 5.74) is 0. The molecule has 4 nitrogen and oxygen atoms in total. The van der Waals surface area contributed by atoms with E-state index in [2.05, 4.69) is 19.2 Å². The molecule has 0 bridgehead atoms. The molecule has 0 saturated heterocycles. The summed E-state index contributed by atoms with van der Waals surface area (Å²) in [5.74, 6) is 0.892. The molecule has 21 heavy (non-hydrogen) atoms. The van der Waals surface area contributed by atoms with Gasteiger partial charge in [0.1, 0.15) is 18.5 Å². The van der Waals surface area contributed by atoms with Gasteiger partial charge < -0.3 is 20.3 Å². The summed E-state index contributed by atoms with van der Waals surface area (Å²) in [6.07, 6.45) is -0.357. The van der Waals surface area contributed by atoms with Gasteiger partial charge in [0.15, 0.2) is 0 Å². The highest BCUT2D eigenvalue weighted by Crippen LogP contribution is 2.27. The van der Waals surface area contributed by atoms with Crippen LogP contribution in [0, 0.1) is 5.92 Å². The quantitative estimate of drug-likeness (QED) is 0.649. The molecule has 0 aliphatic rings. The number of aliphatic hydroxyl groups excluding tert-OH is 2. The standard InChI is InChI=1S/C15H23Cl2NO3/c1-10(2)5-12(19)7-18-8-13(20)9-21-15-6-11(16)3-4-14(15)17/h3-4,6,10,12-13,18-20H,5,7-9H2,1-2H3. The minimum Gasteiger partial charge on any atom is -0.489 e. The Morgan fingerprint density at radius 3 is 2.48 bits per heavy atom. The van der Waals surface area contributed by atoms with Gasteiger partial charge in [-0.3, -0.25) is 0 Å². The van der Waals surface area contributed by atoms with Crippen molar-refractivity contribution in [3.63, 3.8) is 0 Å². The first-order chi connectivity index (χ1) is 9.88. The van der Waals surface area contributed by atoms with Gasteiger partial charge in [-0.15, -0.1) is 0 Å². The number of rotatable bonds is 9. The fourth-order valence-electron chi connectivity index (χ4n) is 1.88. The maximum absolute atomic E-state index is 9.82. The molecule has 0 saturated carbocycles. The van der Waals surface area contributed by atoms with Crippen LogP contribution in [0.3, 0.4) is 0 Å². The molecule has 0 aliphatic carbocycles. The minimum absolute atomic E-state index is 0.105. The van der Waals surface area contributed by atoms with Crippen molar-refractivity contribution < 1.29 is 14.9 Å². The van der Waals surface area contributed by atoms with Crippen molar-refractivity contribution in [2.24, 2.45) is 5.92 Å². The average molecular weight is 336 g/mol. The van der Waals surface area contributed by atoms with Crippen molar-refractivity contribution in [2.75, 3.05) is 19.7 Å². The third kappa shape index (κ3) is 7.88. The van der Waals surface area contributed by atoms with Crippen molar-refractivity contribution >= 4 is 23.2 Å². The zero-order valence-electron chi connectivity index (χ0n) is 12.4. The van der Waals surface area contributed by atoms with Crippen LogP contribution in [0.2, 0.25) is 10.0 Å². The molecule has 1 rings (SSSR count). The number of hydrogen-bond donors (Lipinski definition) is 3. The first kappa shape index (κ1) is 18.5. The third-order valence-electron chi connectivity index (χ3n) is 2.83.